The van der Waals surface area contributed by atoms with E-state index in [1.165, 1.54) is 12.2 Å². The molecule has 15 nitrogen and oxygen atoms in total. The summed E-state index contributed by atoms with van der Waals surface area (Å²) in [7, 11) is 0. The number of amides is 4. The van der Waals surface area contributed by atoms with Crippen molar-refractivity contribution in [2.75, 3.05) is 26.4 Å². The van der Waals surface area contributed by atoms with E-state index in [9.17, 15) is 14.4 Å². The third-order valence-electron chi connectivity index (χ3n) is 9.39. The molecular weight excluding hydrogens is 656 g/mol. The Balaban J connectivity index is 1.08. The zero-order valence-electron chi connectivity index (χ0n) is 26.8. The fourth-order valence-corrected chi connectivity index (χ4v) is 7.21. The van der Waals surface area contributed by atoms with Gasteiger partial charge in [0.2, 0.25) is 0 Å². The average Bonchev–Trinajstić information content (AvgIpc) is 3.70. The Morgan fingerprint density at radius 3 is 1.48 bits per heavy atom. The number of hydrogen-bond donors (Lipinski definition) is 0. The first-order chi connectivity index (χ1) is 24.5. The molecule has 6 heterocycles. The molecule has 50 heavy (non-hydrogen) atoms. The summed E-state index contributed by atoms with van der Waals surface area (Å²) in [6.45, 7) is 7.66. The molecule has 15 heteroatoms. The van der Waals surface area contributed by atoms with Gasteiger partial charge < -0.3 is 47.4 Å². The zero-order chi connectivity index (χ0) is 34.4. The normalized spacial score (nSPS) is 37.4. The number of benzene rings is 2. The predicted octanol–water partition coefficient (Wildman–Crippen LogP) is 3.57. The summed E-state index contributed by atoms with van der Waals surface area (Å²) in [5, 5.41) is 0. The van der Waals surface area contributed by atoms with E-state index in [-0.39, 0.29) is 26.4 Å². The maximum absolute atomic E-state index is 14.6. The monoisotopic (exact) mass is 692 g/mol. The van der Waals surface area contributed by atoms with Gasteiger partial charge >= 0.3 is 18.2 Å². The van der Waals surface area contributed by atoms with E-state index in [0.717, 1.165) is 20.9 Å². The Morgan fingerprint density at radius 2 is 1.08 bits per heavy atom. The van der Waals surface area contributed by atoms with Crippen molar-refractivity contribution in [2.24, 2.45) is 0 Å². The van der Waals surface area contributed by atoms with Gasteiger partial charge in [-0.3, -0.25) is 0 Å². The molecule has 0 bridgehead atoms. The maximum atomic E-state index is 14.6. The summed E-state index contributed by atoms with van der Waals surface area (Å²) >= 11 is 0. The Labute approximate surface area is 287 Å². The van der Waals surface area contributed by atoms with Crippen LogP contribution in [0.1, 0.15) is 23.7 Å². The molecule has 6 fully saturated rings. The van der Waals surface area contributed by atoms with Crippen molar-refractivity contribution < 1.29 is 61.8 Å². The molecule has 6 aliphatic rings. The first kappa shape index (κ1) is 33.0. The van der Waals surface area contributed by atoms with Crippen molar-refractivity contribution in [1.29, 1.82) is 0 Å². The number of rotatable bonds is 8. The highest BCUT2D eigenvalue weighted by Crippen LogP contribution is 2.44. The first-order valence-electron chi connectivity index (χ1n) is 16.4. The lowest BCUT2D eigenvalue weighted by atomic mass is 9.94. The molecule has 4 amide bonds. The molecule has 6 aliphatic heterocycles. The summed E-state index contributed by atoms with van der Waals surface area (Å²) < 4.78 is 60.5. The van der Waals surface area contributed by atoms with Crippen LogP contribution in [0.5, 0.6) is 0 Å². The summed E-state index contributed by atoms with van der Waals surface area (Å²) in [6.07, 6.45) is -8.06. The molecule has 0 spiro atoms. The zero-order valence-corrected chi connectivity index (χ0v) is 26.8. The summed E-state index contributed by atoms with van der Waals surface area (Å²) in [4.78, 5) is 43.6. The van der Waals surface area contributed by atoms with Crippen LogP contribution in [-0.2, 0) is 47.4 Å². The van der Waals surface area contributed by atoms with Gasteiger partial charge in [-0.25, -0.2) is 24.2 Å². The largest absolute Gasteiger partial charge is 0.440 e. The fourth-order valence-electron chi connectivity index (χ4n) is 7.21. The van der Waals surface area contributed by atoms with E-state index in [4.69, 9.17) is 47.4 Å². The molecule has 264 valence electrons. The number of ether oxygens (including phenoxy) is 10. The van der Waals surface area contributed by atoms with Gasteiger partial charge in [-0.15, -0.1) is 13.2 Å². The molecular formula is C35H36N2O13. The van der Waals surface area contributed by atoms with Crippen LogP contribution in [0.4, 0.5) is 14.4 Å². The minimum Gasteiger partial charge on any atom is -0.440 e. The standard InChI is InChI=1S/C35H36N2O13/c1-3-15-41-31-23-27(25-21(45-31)17-43-29(47-25)19-11-7-5-8-12-19)49-34(39)36(23)33(38)37-24-28(50-35(37)40)26-22(46-32(24)42-16-4-2)18-44-30(48-26)20-13-9-6-10-14-20/h3-14,21-32H,1-2,15-18H2/t21-,22-,23-,24-,25-,26-,27-,28-,29?,30?,31+,32+/m1/s1. The molecule has 0 radical (unpaired) electrons. The van der Waals surface area contributed by atoms with Crippen LogP contribution in [0.3, 0.4) is 0 Å². The molecule has 2 unspecified atom stereocenters. The molecule has 2 aromatic carbocycles. The molecule has 0 aromatic heterocycles. The van der Waals surface area contributed by atoms with Gasteiger partial charge in [0.15, 0.2) is 37.4 Å². The van der Waals surface area contributed by atoms with Crippen LogP contribution in [0.25, 0.3) is 0 Å². The third-order valence-corrected chi connectivity index (χ3v) is 9.39. The third kappa shape index (κ3) is 5.78. The van der Waals surface area contributed by atoms with Crippen molar-refractivity contribution in [3.05, 3.63) is 97.1 Å². The van der Waals surface area contributed by atoms with Crippen LogP contribution >= 0.6 is 0 Å². The lowest BCUT2D eigenvalue weighted by Crippen LogP contribution is -2.67. The molecule has 0 saturated carbocycles. The van der Waals surface area contributed by atoms with E-state index < -0.39 is 92.1 Å². The van der Waals surface area contributed by atoms with E-state index in [1.54, 1.807) is 0 Å². The van der Waals surface area contributed by atoms with Gasteiger partial charge in [0.25, 0.3) is 0 Å². The van der Waals surface area contributed by atoms with Crippen molar-refractivity contribution in [3.63, 3.8) is 0 Å². The topological polar surface area (TPSA) is 150 Å². The molecule has 2 aromatic rings. The van der Waals surface area contributed by atoms with Gasteiger partial charge in [0.05, 0.1) is 26.4 Å². The maximum Gasteiger partial charge on any atom is 0.419 e. The van der Waals surface area contributed by atoms with Gasteiger partial charge in [-0.05, 0) is 0 Å². The highest BCUT2D eigenvalue weighted by atomic mass is 16.8. The average molecular weight is 693 g/mol. The molecule has 8 rings (SSSR count). The van der Waals surface area contributed by atoms with Crippen LogP contribution in [-0.4, -0.2) is 116 Å². The van der Waals surface area contributed by atoms with Gasteiger partial charge in [0, 0.05) is 11.1 Å². The lowest BCUT2D eigenvalue weighted by Gasteiger charge is -2.47. The van der Waals surface area contributed by atoms with Crippen LogP contribution in [0, 0.1) is 0 Å². The number of carbonyl (C=O) groups excluding carboxylic acids is 3. The SMILES string of the molecule is C=CCO[C@H]1O[C@@H]2COC(c3ccccc3)O[C@H]2[C@@H]2OC(=O)N(C(=O)N3C(=O)O[C@H]4[C@@H]5OC(c6ccccc6)OC[C@H]5O[C@H](OCC=C)[C@@H]43)[C@@H]12. The van der Waals surface area contributed by atoms with Gasteiger partial charge in [0.1, 0.15) is 36.5 Å². The molecule has 0 aliphatic carbocycles. The summed E-state index contributed by atoms with van der Waals surface area (Å²) in [5.74, 6) is 0. The minimum atomic E-state index is -1.17. The fraction of sp³-hybridized carbons (Fsp3) is 0.457. The number of nitrogens with zero attached hydrogens (tertiary/aromatic N) is 2. The van der Waals surface area contributed by atoms with Crippen LogP contribution in [0.2, 0.25) is 0 Å². The Kier molecular flexibility index (Phi) is 9.13. The second kappa shape index (κ2) is 13.8. The number of hydrogen-bond acceptors (Lipinski definition) is 13. The number of imide groups is 2. The van der Waals surface area contributed by atoms with E-state index in [1.807, 2.05) is 60.7 Å². The number of carbonyl (C=O) groups is 3. The smallest absolute Gasteiger partial charge is 0.419 e. The van der Waals surface area contributed by atoms with E-state index >= 15 is 0 Å². The quantitative estimate of drug-likeness (QED) is 0.372. The Morgan fingerprint density at radius 1 is 0.660 bits per heavy atom. The number of fused-ring (bicyclic) bond motifs is 6. The second-order valence-corrected chi connectivity index (χ2v) is 12.4. The van der Waals surface area contributed by atoms with E-state index in [2.05, 4.69) is 13.2 Å². The molecule has 12 atom stereocenters. The highest BCUT2D eigenvalue weighted by Gasteiger charge is 2.66. The Hall–Kier alpha value is -4.19. The second-order valence-electron chi connectivity index (χ2n) is 12.4. The van der Waals surface area contributed by atoms with E-state index in [0.29, 0.717) is 0 Å². The van der Waals surface area contributed by atoms with Crippen molar-refractivity contribution in [2.45, 2.75) is 73.9 Å². The summed E-state index contributed by atoms with van der Waals surface area (Å²) in [6, 6.07) is 15.2. The van der Waals surface area contributed by atoms with Crippen molar-refractivity contribution in [1.82, 2.24) is 9.80 Å². The highest BCUT2D eigenvalue weighted by molar-refractivity contribution is 6.01. The van der Waals surface area contributed by atoms with Crippen molar-refractivity contribution >= 4 is 18.2 Å². The van der Waals surface area contributed by atoms with Crippen LogP contribution in [0.15, 0.2) is 86.0 Å². The summed E-state index contributed by atoms with van der Waals surface area (Å²) in [5.41, 5.74) is 1.50. The van der Waals surface area contributed by atoms with Gasteiger partial charge in [-0.2, -0.15) is 0 Å². The van der Waals surface area contributed by atoms with Crippen molar-refractivity contribution in [3.8, 4) is 0 Å². The van der Waals surface area contributed by atoms with Crippen LogP contribution < -0.4 is 0 Å². The first-order valence-corrected chi connectivity index (χ1v) is 16.4. The molecule has 0 N–H and O–H groups in total. The number of urea groups is 1. The minimum absolute atomic E-state index is 0.0304. The Bertz CT molecular complexity index is 1480. The van der Waals surface area contributed by atoms with Gasteiger partial charge in [-0.1, -0.05) is 72.8 Å². The lowest BCUT2D eigenvalue weighted by molar-refractivity contribution is -0.340. The molecule has 6 saturated heterocycles. The predicted molar refractivity (Wildman–Crippen MR) is 167 cm³/mol.